The predicted molar refractivity (Wildman–Crippen MR) is 93.6 cm³/mol. The highest BCUT2D eigenvalue weighted by Crippen LogP contribution is 2.16. The molecule has 1 saturated heterocycles. The van der Waals surface area contributed by atoms with Crippen molar-refractivity contribution in [3.63, 3.8) is 0 Å². The minimum absolute atomic E-state index is 0.0679. The first-order valence-corrected chi connectivity index (χ1v) is 8.25. The molecule has 0 spiro atoms. The van der Waals surface area contributed by atoms with E-state index >= 15 is 0 Å². The second kappa shape index (κ2) is 7.44. The molecule has 0 amide bonds. The van der Waals surface area contributed by atoms with Crippen molar-refractivity contribution in [1.82, 2.24) is 15.0 Å². The lowest BCUT2D eigenvalue weighted by atomic mass is 10.2. The van der Waals surface area contributed by atoms with Crippen LogP contribution < -0.4 is 15.4 Å². The highest BCUT2D eigenvalue weighted by atomic mass is 16.5. The van der Waals surface area contributed by atoms with E-state index in [2.05, 4.69) is 24.8 Å². The second-order valence-electron chi connectivity index (χ2n) is 5.76. The molecule has 0 atom stereocenters. The Morgan fingerprint density at radius 1 is 1.21 bits per heavy atom. The molecule has 0 radical (unpaired) electrons. The van der Waals surface area contributed by atoms with Crippen LogP contribution in [0.2, 0.25) is 0 Å². The molecule has 0 aromatic carbocycles. The van der Waals surface area contributed by atoms with E-state index in [1.807, 2.05) is 25.1 Å². The Balaban J connectivity index is 1.75. The van der Waals surface area contributed by atoms with E-state index < -0.39 is 0 Å². The van der Waals surface area contributed by atoms with Crippen LogP contribution in [0.15, 0.2) is 29.2 Å². The molecule has 2 aromatic heterocycles. The third kappa shape index (κ3) is 3.41. The largest absolute Gasteiger partial charge is 0.378 e. The molecule has 0 unspecified atom stereocenters. The fourth-order valence-electron chi connectivity index (χ4n) is 2.99. The molecule has 0 aliphatic carbocycles. The van der Waals surface area contributed by atoms with E-state index in [0.717, 1.165) is 37.7 Å². The maximum absolute atomic E-state index is 12.3. The number of ether oxygens (including phenoxy) is 1. The lowest BCUT2D eigenvalue weighted by Gasteiger charge is -2.35. The van der Waals surface area contributed by atoms with Gasteiger partial charge in [-0.1, -0.05) is 13.0 Å². The van der Waals surface area contributed by atoms with Crippen LogP contribution in [0.25, 0.3) is 0 Å². The number of nitrogens with zero attached hydrogens (tertiary/aromatic N) is 4. The summed E-state index contributed by atoms with van der Waals surface area (Å²) in [7, 11) is 1.62. The van der Waals surface area contributed by atoms with Gasteiger partial charge in [0.25, 0.3) is 5.56 Å². The molecule has 2 aromatic rings. The number of nitrogens with one attached hydrogen (secondary N) is 1. The molecule has 3 heterocycles. The normalized spacial score (nSPS) is 14.9. The van der Waals surface area contributed by atoms with Crippen molar-refractivity contribution in [2.24, 2.45) is 0 Å². The van der Waals surface area contributed by atoms with Gasteiger partial charge < -0.3 is 14.5 Å². The summed E-state index contributed by atoms with van der Waals surface area (Å²) >= 11 is 0. The van der Waals surface area contributed by atoms with Gasteiger partial charge >= 0.3 is 0 Å². The van der Waals surface area contributed by atoms with Crippen LogP contribution in [0.5, 0.6) is 0 Å². The zero-order valence-corrected chi connectivity index (χ0v) is 14.2. The standard InChI is InChI=1S/C17H23N5O2/c1-3-13-14(12-24-2)19-17(20-16(13)23)22-10-8-21(9-11-22)15-6-4-5-7-18-15/h4-7H,3,8-12H2,1-2H3,(H,19,20,23). The lowest BCUT2D eigenvalue weighted by molar-refractivity contribution is 0.180. The van der Waals surface area contributed by atoms with Gasteiger partial charge in [-0.05, 0) is 18.6 Å². The lowest BCUT2D eigenvalue weighted by Crippen LogP contribution is -2.48. The van der Waals surface area contributed by atoms with Crippen LogP contribution in [-0.4, -0.2) is 48.2 Å². The van der Waals surface area contributed by atoms with Gasteiger partial charge in [0.2, 0.25) is 5.95 Å². The first-order valence-electron chi connectivity index (χ1n) is 8.25. The number of piperazine rings is 1. The summed E-state index contributed by atoms with van der Waals surface area (Å²) in [5, 5.41) is 0. The Morgan fingerprint density at radius 3 is 2.58 bits per heavy atom. The summed E-state index contributed by atoms with van der Waals surface area (Å²) in [6, 6.07) is 5.93. The van der Waals surface area contributed by atoms with E-state index in [-0.39, 0.29) is 5.56 Å². The third-order valence-corrected chi connectivity index (χ3v) is 4.28. The number of methoxy groups -OCH3 is 1. The van der Waals surface area contributed by atoms with E-state index in [1.165, 1.54) is 0 Å². The van der Waals surface area contributed by atoms with Gasteiger partial charge in [0, 0.05) is 45.0 Å². The quantitative estimate of drug-likeness (QED) is 0.888. The molecular formula is C17H23N5O2. The van der Waals surface area contributed by atoms with Gasteiger partial charge in [-0.15, -0.1) is 0 Å². The summed E-state index contributed by atoms with van der Waals surface area (Å²) < 4.78 is 5.19. The monoisotopic (exact) mass is 329 g/mol. The Labute approximate surface area is 141 Å². The van der Waals surface area contributed by atoms with Gasteiger partial charge in [-0.3, -0.25) is 9.78 Å². The van der Waals surface area contributed by atoms with Crippen LogP contribution in [-0.2, 0) is 17.8 Å². The van der Waals surface area contributed by atoms with Crippen LogP contribution in [0, 0.1) is 0 Å². The Bertz CT molecular complexity index is 724. The summed E-state index contributed by atoms with van der Waals surface area (Å²) in [6.45, 7) is 5.57. The van der Waals surface area contributed by atoms with Crippen LogP contribution in [0.4, 0.5) is 11.8 Å². The van der Waals surface area contributed by atoms with Gasteiger partial charge in [-0.25, -0.2) is 9.97 Å². The minimum Gasteiger partial charge on any atom is -0.378 e. The molecule has 1 aliphatic rings. The number of pyridine rings is 1. The summed E-state index contributed by atoms with van der Waals surface area (Å²) in [4.78, 5) is 28.6. The highest BCUT2D eigenvalue weighted by Gasteiger charge is 2.21. The van der Waals surface area contributed by atoms with Crippen LogP contribution >= 0.6 is 0 Å². The molecular weight excluding hydrogens is 306 g/mol. The average molecular weight is 329 g/mol. The Morgan fingerprint density at radius 2 is 1.96 bits per heavy atom. The van der Waals surface area contributed by atoms with Crippen molar-refractivity contribution in [3.05, 3.63) is 46.0 Å². The first-order chi connectivity index (χ1) is 11.7. The Hall–Kier alpha value is -2.41. The van der Waals surface area contributed by atoms with Crippen molar-refractivity contribution < 1.29 is 4.74 Å². The Kier molecular flexibility index (Phi) is 5.10. The molecule has 128 valence electrons. The third-order valence-electron chi connectivity index (χ3n) is 4.28. The molecule has 0 saturated carbocycles. The summed E-state index contributed by atoms with van der Waals surface area (Å²) in [5.41, 5.74) is 1.36. The number of hydrogen-bond acceptors (Lipinski definition) is 6. The average Bonchev–Trinajstić information content (AvgIpc) is 2.63. The van der Waals surface area contributed by atoms with Gasteiger partial charge in [0.1, 0.15) is 5.82 Å². The molecule has 7 nitrogen and oxygen atoms in total. The van der Waals surface area contributed by atoms with Crippen molar-refractivity contribution >= 4 is 11.8 Å². The molecule has 1 aliphatic heterocycles. The molecule has 24 heavy (non-hydrogen) atoms. The summed E-state index contributed by atoms with van der Waals surface area (Å²) in [5.74, 6) is 1.62. The minimum atomic E-state index is -0.0679. The number of H-pyrrole nitrogens is 1. The first kappa shape index (κ1) is 16.4. The number of hydrogen-bond donors (Lipinski definition) is 1. The van der Waals surface area contributed by atoms with Crippen molar-refractivity contribution in [2.75, 3.05) is 43.1 Å². The second-order valence-corrected chi connectivity index (χ2v) is 5.76. The molecule has 7 heteroatoms. The van der Waals surface area contributed by atoms with E-state index in [9.17, 15) is 4.79 Å². The van der Waals surface area contributed by atoms with Crippen molar-refractivity contribution in [3.8, 4) is 0 Å². The SMILES string of the molecule is CCc1c(COC)nc(N2CCN(c3ccccn3)CC2)[nH]c1=O. The van der Waals surface area contributed by atoms with Gasteiger partial charge in [0.05, 0.1) is 12.3 Å². The fourth-order valence-corrected chi connectivity index (χ4v) is 2.99. The maximum atomic E-state index is 12.3. The van der Waals surface area contributed by atoms with E-state index in [0.29, 0.717) is 24.5 Å². The van der Waals surface area contributed by atoms with Crippen LogP contribution in [0.1, 0.15) is 18.2 Å². The topological polar surface area (TPSA) is 74.3 Å². The fraction of sp³-hybridized carbons (Fsp3) is 0.471. The predicted octanol–water partition coefficient (Wildman–Crippen LogP) is 1.20. The van der Waals surface area contributed by atoms with Gasteiger partial charge in [-0.2, -0.15) is 0 Å². The number of anilines is 2. The van der Waals surface area contributed by atoms with Crippen molar-refractivity contribution in [1.29, 1.82) is 0 Å². The molecule has 1 N–H and O–H groups in total. The molecule has 1 fully saturated rings. The highest BCUT2D eigenvalue weighted by molar-refractivity contribution is 5.42. The molecule has 0 bridgehead atoms. The van der Waals surface area contributed by atoms with Crippen molar-refractivity contribution in [2.45, 2.75) is 20.0 Å². The van der Waals surface area contributed by atoms with Gasteiger partial charge in [0.15, 0.2) is 0 Å². The summed E-state index contributed by atoms with van der Waals surface area (Å²) in [6.07, 6.45) is 2.45. The zero-order valence-electron chi connectivity index (χ0n) is 14.2. The molecule has 3 rings (SSSR count). The van der Waals surface area contributed by atoms with E-state index in [4.69, 9.17) is 4.74 Å². The maximum Gasteiger partial charge on any atom is 0.255 e. The smallest absolute Gasteiger partial charge is 0.255 e. The number of rotatable bonds is 5. The van der Waals surface area contributed by atoms with E-state index in [1.54, 1.807) is 13.3 Å². The zero-order chi connectivity index (χ0) is 16.9. The number of aromatic amines is 1. The van der Waals surface area contributed by atoms with Crippen LogP contribution in [0.3, 0.4) is 0 Å². The number of aromatic nitrogens is 3.